The van der Waals surface area contributed by atoms with Crippen LogP contribution in [0.2, 0.25) is 0 Å². The van der Waals surface area contributed by atoms with Gasteiger partial charge in [-0.25, -0.2) is 4.39 Å². The highest BCUT2D eigenvalue weighted by Gasteiger charge is 2.20. The molecule has 0 aliphatic rings. The molecule has 1 aromatic heterocycles. The minimum atomic E-state index is -0.224. The second kappa shape index (κ2) is 5.67. The largest absolute Gasteiger partial charge is 0.457 e. The molecule has 2 aromatic rings. The summed E-state index contributed by atoms with van der Waals surface area (Å²) < 4.78 is 19.4. The molecular weight excluding hydrogens is 297 g/mol. The average Bonchev–Trinajstić information content (AvgIpc) is 2.76. The van der Waals surface area contributed by atoms with Crippen molar-refractivity contribution in [3.63, 3.8) is 0 Å². The first-order chi connectivity index (χ1) is 8.63. The van der Waals surface area contributed by atoms with Crippen LogP contribution in [0, 0.1) is 12.7 Å². The molecule has 1 atom stereocenters. The van der Waals surface area contributed by atoms with Crippen LogP contribution in [-0.4, -0.2) is 6.54 Å². The summed E-state index contributed by atoms with van der Waals surface area (Å²) in [5.74, 6) is -0.224. The molecule has 0 fully saturated rings. The van der Waals surface area contributed by atoms with E-state index in [1.54, 1.807) is 18.4 Å². The van der Waals surface area contributed by atoms with Crippen LogP contribution < -0.4 is 5.32 Å². The van der Waals surface area contributed by atoms with E-state index in [1.807, 2.05) is 19.9 Å². The van der Waals surface area contributed by atoms with Gasteiger partial charge in [0.15, 0.2) is 4.67 Å². The summed E-state index contributed by atoms with van der Waals surface area (Å²) in [4.78, 5) is 0. The first-order valence-corrected chi connectivity index (χ1v) is 6.65. The Balaban J connectivity index is 2.48. The molecular formula is C14H15BrFNO. The molecule has 1 N–H and O–H groups in total. The summed E-state index contributed by atoms with van der Waals surface area (Å²) in [6.45, 7) is 4.79. The predicted octanol–water partition coefficient (Wildman–Crippen LogP) is 4.19. The topological polar surface area (TPSA) is 25.2 Å². The number of aryl methyl sites for hydroxylation is 1. The van der Waals surface area contributed by atoms with Crippen molar-refractivity contribution < 1.29 is 8.81 Å². The fourth-order valence-corrected chi connectivity index (χ4v) is 2.49. The number of hydrogen-bond donors (Lipinski definition) is 1. The standard InChI is InChI=1S/C14H15BrFNO/c1-3-17-13(11-6-7-18-14(11)15)12-8-10(16)5-4-9(12)2/h4-8,13,17H,3H2,1-2H3. The van der Waals surface area contributed by atoms with E-state index in [0.717, 1.165) is 23.2 Å². The lowest BCUT2D eigenvalue weighted by molar-refractivity contribution is 0.525. The molecule has 0 amide bonds. The third-order valence-corrected chi connectivity index (χ3v) is 3.56. The van der Waals surface area contributed by atoms with E-state index in [0.29, 0.717) is 4.67 Å². The second-order valence-corrected chi connectivity index (χ2v) is 4.86. The van der Waals surface area contributed by atoms with E-state index >= 15 is 0 Å². The fraction of sp³-hybridized carbons (Fsp3) is 0.286. The molecule has 0 aliphatic carbocycles. The molecule has 0 saturated carbocycles. The van der Waals surface area contributed by atoms with Crippen molar-refractivity contribution in [1.29, 1.82) is 0 Å². The molecule has 2 nitrogen and oxygen atoms in total. The van der Waals surface area contributed by atoms with Crippen molar-refractivity contribution in [3.8, 4) is 0 Å². The van der Waals surface area contributed by atoms with Crippen LogP contribution in [0.3, 0.4) is 0 Å². The zero-order chi connectivity index (χ0) is 13.1. The van der Waals surface area contributed by atoms with Gasteiger partial charge in [0.25, 0.3) is 0 Å². The van der Waals surface area contributed by atoms with Crippen LogP contribution in [0.25, 0.3) is 0 Å². The highest BCUT2D eigenvalue weighted by atomic mass is 79.9. The van der Waals surface area contributed by atoms with Crippen molar-refractivity contribution in [3.05, 3.63) is 57.7 Å². The molecule has 1 aromatic carbocycles. The van der Waals surface area contributed by atoms with Crippen LogP contribution in [0.15, 0.2) is 39.6 Å². The van der Waals surface area contributed by atoms with E-state index in [4.69, 9.17) is 4.42 Å². The first kappa shape index (κ1) is 13.3. The molecule has 0 radical (unpaired) electrons. The maximum atomic E-state index is 13.4. The van der Waals surface area contributed by atoms with Gasteiger partial charge in [0.1, 0.15) is 5.82 Å². The molecule has 4 heteroatoms. The van der Waals surface area contributed by atoms with E-state index < -0.39 is 0 Å². The van der Waals surface area contributed by atoms with Gasteiger partial charge >= 0.3 is 0 Å². The number of nitrogens with one attached hydrogen (secondary N) is 1. The molecule has 96 valence electrons. The van der Waals surface area contributed by atoms with Gasteiger partial charge in [-0.05, 0) is 58.7 Å². The third kappa shape index (κ3) is 2.65. The Morgan fingerprint density at radius 3 is 2.72 bits per heavy atom. The zero-order valence-electron chi connectivity index (χ0n) is 10.3. The molecule has 2 rings (SSSR count). The molecule has 1 heterocycles. The average molecular weight is 312 g/mol. The maximum absolute atomic E-state index is 13.4. The summed E-state index contributed by atoms with van der Waals surface area (Å²) >= 11 is 3.38. The summed E-state index contributed by atoms with van der Waals surface area (Å²) in [5, 5.41) is 3.35. The second-order valence-electron chi connectivity index (χ2n) is 4.14. The van der Waals surface area contributed by atoms with Crippen molar-refractivity contribution in [2.45, 2.75) is 19.9 Å². The molecule has 0 saturated heterocycles. The van der Waals surface area contributed by atoms with Gasteiger partial charge < -0.3 is 9.73 Å². The van der Waals surface area contributed by atoms with E-state index in [1.165, 1.54) is 6.07 Å². The van der Waals surface area contributed by atoms with Crippen molar-refractivity contribution in [1.82, 2.24) is 5.32 Å². The van der Waals surface area contributed by atoms with Crippen LogP contribution in [-0.2, 0) is 0 Å². The Morgan fingerprint density at radius 2 is 2.11 bits per heavy atom. The van der Waals surface area contributed by atoms with Gasteiger partial charge in [-0.3, -0.25) is 0 Å². The highest BCUT2D eigenvalue weighted by Crippen LogP contribution is 2.31. The zero-order valence-corrected chi connectivity index (χ0v) is 11.9. The van der Waals surface area contributed by atoms with Crippen LogP contribution in [0.5, 0.6) is 0 Å². The molecule has 0 spiro atoms. The van der Waals surface area contributed by atoms with Crippen LogP contribution >= 0.6 is 15.9 Å². The van der Waals surface area contributed by atoms with Gasteiger partial charge in [0.05, 0.1) is 12.3 Å². The summed E-state index contributed by atoms with van der Waals surface area (Å²) in [6, 6.07) is 6.66. The first-order valence-electron chi connectivity index (χ1n) is 5.85. The number of furan rings is 1. The summed E-state index contributed by atoms with van der Waals surface area (Å²) in [5.41, 5.74) is 2.96. The van der Waals surface area contributed by atoms with Gasteiger partial charge in [-0.15, -0.1) is 0 Å². The summed E-state index contributed by atoms with van der Waals surface area (Å²) in [7, 11) is 0. The minimum Gasteiger partial charge on any atom is -0.457 e. The fourth-order valence-electron chi connectivity index (χ4n) is 2.02. The normalized spacial score (nSPS) is 12.7. The Bertz CT molecular complexity index is 538. The molecule has 1 unspecified atom stereocenters. The van der Waals surface area contributed by atoms with Gasteiger partial charge in [0, 0.05) is 5.56 Å². The Hall–Kier alpha value is -1.13. The van der Waals surface area contributed by atoms with Gasteiger partial charge in [-0.1, -0.05) is 13.0 Å². The molecule has 0 bridgehead atoms. The predicted molar refractivity (Wildman–Crippen MR) is 73.1 cm³/mol. The SMILES string of the molecule is CCNC(c1cc(F)ccc1C)c1ccoc1Br. The van der Waals surface area contributed by atoms with E-state index in [-0.39, 0.29) is 11.9 Å². The van der Waals surface area contributed by atoms with Gasteiger partial charge in [-0.2, -0.15) is 0 Å². The number of halogens is 2. The molecule has 18 heavy (non-hydrogen) atoms. The monoisotopic (exact) mass is 311 g/mol. The number of hydrogen-bond acceptors (Lipinski definition) is 2. The number of benzene rings is 1. The smallest absolute Gasteiger partial charge is 0.174 e. The van der Waals surface area contributed by atoms with Crippen molar-refractivity contribution in [2.75, 3.05) is 6.54 Å². The minimum absolute atomic E-state index is 0.0705. The maximum Gasteiger partial charge on any atom is 0.174 e. The van der Waals surface area contributed by atoms with Crippen molar-refractivity contribution >= 4 is 15.9 Å². The molecule has 0 aliphatic heterocycles. The Labute approximate surface area is 114 Å². The van der Waals surface area contributed by atoms with Gasteiger partial charge in [0.2, 0.25) is 0 Å². The Morgan fingerprint density at radius 1 is 1.33 bits per heavy atom. The third-order valence-electron chi connectivity index (χ3n) is 2.92. The van der Waals surface area contributed by atoms with Crippen LogP contribution in [0.4, 0.5) is 4.39 Å². The Kier molecular flexibility index (Phi) is 4.19. The lowest BCUT2D eigenvalue weighted by atomic mass is 9.96. The van der Waals surface area contributed by atoms with Crippen molar-refractivity contribution in [2.24, 2.45) is 0 Å². The lowest BCUT2D eigenvalue weighted by Crippen LogP contribution is -2.22. The van der Waals surface area contributed by atoms with E-state index in [9.17, 15) is 4.39 Å². The van der Waals surface area contributed by atoms with Crippen LogP contribution in [0.1, 0.15) is 29.7 Å². The quantitative estimate of drug-likeness (QED) is 0.916. The highest BCUT2D eigenvalue weighted by molar-refractivity contribution is 9.10. The summed E-state index contributed by atoms with van der Waals surface area (Å²) in [6.07, 6.45) is 1.62. The van der Waals surface area contributed by atoms with E-state index in [2.05, 4.69) is 21.2 Å². The lowest BCUT2D eigenvalue weighted by Gasteiger charge is -2.19. The number of rotatable bonds is 4.